The number of rotatable bonds is 5. The van der Waals surface area contributed by atoms with Crippen LogP contribution in [0.25, 0.3) is 10.2 Å². The number of thiazole rings is 1. The number of nitrogens with zero attached hydrogens (tertiary/aromatic N) is 2. The molecular formula is C19H18Cl2N2O3S2. The third kappa shape index (κ3) is 4.33. The van der Waals surface area contributed by atoms with Gasteiger partial charge in [-0.15, -0.1) is 0 Å². The minimum absolute atomic E-state index is 0.139. The first-order chi connectivity index (χ1) is 13.2. The first kappa shape index (κ1) is 21.0. The van der Waals surface area contributed by atoms with Crippen LogP contribution in [0.4, 0.5) is 0 Å². The van der Waals surface area contributed by atoms with Crippen molar-refractivity contribution in [3.63, 3.8) is 0 Å². The number of aryl methyl sites for hydroxylation is 2. The molecule has 0 radical (unpaired) electrons. The fourth-order valence-electron chi connectivity index (χ4n) is 2.84. The molecule has 0 fully saturated rings. The molecule has 1 amide bonds. The third-order valence-electron chi connectivity index (χ3n) is 4.32. The highest BCUT2D eigenvalue weighted by Gasteiger charge is 2.17. The van der Waals surface area contributed by atoms with Gasteiger partial charge in [-0.25, -0.2) is 8.42 Å². The van der Waals surface area contributed by atoms with Crippen LogP contribution in [0.15, 0.2) is 46.3 Å². The lowest BCUT2D eigenvalue weighted by molar-refractivity contribution is -0.117. The number of sulfone groups is 1. The number of halogens is 2. The lowest BCUT2D eigenvalue weighted by Gasteiger charge is -2.05. The van der Waals surface area contributed by atoms with Crippen molar-refractivity contribution in [1.82, 2.24) is 4.57 Å². The van der Waals surface area contributed by atoms with Gasteiger partial charge in [0.05, 0.1) is 20.9 Å². The Morgan fingerprint density at radius 2 is 1.82 bits per heavy atom. The van der Waals surface area contributed by atoms with Gasteiger partial charge in [-0.2, -0.15) is 4.99 Å². The number of amides is 1. The van der Waals surface area contributed by atoms with Gasteiger partial charge in [-0.05, 0) is 55.8 Å². The minimum Gasteiger partial charge on any atom is -0.316 e. The second-order valence-electron chi connectivity index (χ2n) is 6.18. The number of fused-ring (bicyclic) bond motifs is 1. The quantitative estimate of drug-likeness (QED) is 0.561. The molecule has 0 aliphatic carbocycles. The summed E-state index contributed by atoms with van der Waals surface area (Å²) in [6.45, 7) is 4.51. The maximum Gasteiger partial charge on any atom is 0.249 e. The topological polar surface area (TPSA) is 68.5 Å². The van der Waals surface area contributed by atoms with Crippen molar-refractivity contribution in [2.24, 2.45) is 4.99 Å². The van der Waals surface area contributed by atoms with Crippen LogP contribution in [-0.2, 0) is 21.2 Å². The maximum atomic E-state index is 12.4. The Morgan fingerprint density at radius 3 is 2.46 bits per heavy atom. The molecule has 3 aromatic rings. The summed E-state index contributed by atoms with van der Waals surface area (Å²) in [6, 6.07) is 9.60. The predicted molar refractivity (Wildman–Crippen MR) is 114 cm³/mol. The Hall–Kier alpha value is -1.67. The Labute approximate surface area is 177 Å². The highest BCUT2D eigenvalue weighted by molar-refractivity contribution is 7.91. The average Bonchev–Trinajstić information content (AvgIpc) is 3.01. The first-order valence-corrected chi connectivity index (χ1v) is 11.8. The molecular weight excluding hydrogens is 439 g/mol. The first-order valence-electron chi connectivity index (χ1n) is 8.57. The molecule has 2 aromatic carbocycles. The van der Waals surface area contributed by atoms with E-state index >= 15 is 0 Å². The van der Waals surface area contributed by atoms with E-state index in [-0.39, 0.29) is 17.1 Å². The molecule has 0 unspecified atom stereocenters. The van der Waals surface area contributed by atoms with E-state index in [2.05, 4.69) is 4.99 Å². The van der Waals surface area contributed by atoms with Crippen molar-refractivity contribution < 1.29 is 13.2 Å². The molecule has 28 heavy (non-hydrogen) atoms. The van der Waals surface area contributed by atoms with Crippen molar-refractivity contribution in [3.05, 3.63) is 56.8 Å². The van der Waals surface area contributed by atoms with Crippen molar-refractivity contribution >= 4 is 60.5 Å². The van der Waals surface area contributed by atoms with Crippen LogP contribution >= 0.6 is 34.5 Å². The van der Waals surface area contributed by atoms with Crippen LogP contribution < -0.4 is 4.80 Å². The standard InChI is InChI=1S/C19H18Cl2N2O3S2/c1-3-23-18-12(2)15(21)8-9-16(18)27-19(23)22-17(24)10-11-28(25,26)14-6-4-13(20)5-7-14/h4-9H,3,10-11H2,1-2H3. The number of carbonyl (C=O) groups is 1. The Bertz CT molecular complexity index is 1210. The van der Waals surface area contributed by atoms with E-state index < -0.39 is 15.7 Å². The zero-order valence-electron chi connectivity index (χ0n) is 15.3. The fourth-order valence-corrected chi connectivity index (χ4v) is 5.52. The summed E-state index contributed by atoms with van der Waals surface area (Å²) in [7, 11) is -3.58. The van der Waals surface area contributed by atoms with Gasteiger partial charge in [-0.1, -0.05) is 34.5 Å². The Morgan fingerprint density at radius 1 is 1.14 bits per heavy atom. The van der Waals surface area contributed by atoms with E-state index in [0.717, 1.165) is 15.8 Å². The van der Waals surface area contributed by atoms with Gasteiger partial charge in [0.25, 0.3) is 0 Å². The van der Waals surface area contributed by atoms with Crippen LogP contribution in [0.3, 0.4) is 0 Å². The third-order valence-corrected chi connectivity index (χ3v) is 7.76. The smallest absolute Gasteiger partial charge is 0.249 e. The molecule has 0 saturated carbocycles. The van der Waals surface area contributed by atoms with Crippen LogP contribution in [0.5, 0.6) is 0 Å². The lowest BCUT2D eigenvalue weighted by Crippen LogP contribution is -2.17. The molecule has 9 heteroatoms. The maximum absolute atomic E-state index is 12.4. The largest absolute Gasteiger partial charge is 0.316 e. The second kappa shape index (κ2) is 8.37. The fraction of sp³-hybridized carbons (Fsp3) is 0.263. The van der Waals surface area contributed by atoms with Crippen molar-refractivity contribution in [2.75, 3.05) is 5.75 Å². The summed E-state index contributed by atoms with van der Waals surface area (Å²) in [4.78, 5) is 17.2. The molecule has 3 rings (SSSR count). The van der Waals surface area contributed by atoms with E-state index in [1.165, 1.54) is 35.6 Å². The van der Waals surface area contributed by atoms with Gasteiger partial charge in [0.1, 0.15) is 0 Å². The van der Waals surface area contributed by atoms with Crippen LogP contribution in [0.2, 0.25) is 10.0 Å². The van der Waals surface area contributed by atoms with Crippen LogP contribution in [0, 0.1) is 6.92 Å². The highest BCUT2D eigenvalue weighted by Crippen LogP contribution is 2.27. The summed E-state index contributed by atoms with van der Waals surface area (Å²) >= 11 is 13.4. The van der Waals surface area contributed by atoms with Crippen LogP contribution in [0.1, 0.15) is 18.9 Å². The Kier molecular flexibility index (Phi) is 6.29. The van der Waals surface area contributed by atoms with Crippen molar-refractivity contribution in [1.29, 1.82) is 0 Å². The molecule has 1 heterocycles. The van der Waals surface area contributed by atoms with Gasteiger partial charge in [0.15, 0.2) is 14.6 Å². The zero-order valence-corrected chi connectivity index (χ0v) is 18.4. The van der Waals surface area contributed by atoms with Gasteiger partial charge in [-0.3, -0.25) is 4.79 Å². The van der Waals surface area contributed by atoms with E-state index in [0.29, 0.717) is 21.4 Å². The molecule has 0 spiro atoms. The van der Waals surface area contributed by atoms with E-state index in [1.54, 1.807) is 0 Å². The number of benzene rings is 2. The number of carbonyl (C=O) groups excluding carboxylic acids is 1. The average molecular weight is 457 g/mol. The van der Waals surface area contributed by atoms with E-state index in [1.807, 2.05) is 30.5 Å². The number of hydrogen-bond donors (Lipinski definition) is 0. The summed E-state index contributed by atoms with van der Waals surface area (Å²) in [5.41, 5.74) is 1.87. The van der Waals surface area contributed by atoms with Crippen LogP contribution in [-0.4, -0.2) is 24.6 Å². The molecule has 0 saturated heterocycles. The highest BCUT2D eigenvalue weighted by atomic mass is 35.5. The zero-order chi connectivity index (χ0) is 20.5. The summed E-state index contributed by atoms with van der Waals surface area (Å²) < 4.78 is 27.7. The molecule has 5 nitrogen and oxygen atoms in total. The lowest BCUT2D eigenvalue weighted by atomic mass is 10.2. The molecule has 0 aliphatic heterocycles. The molecule has 0 aliphatic rings. The van der Waals surface area contributed by atoms with E-state index in [4.69, 9.17) is 23.2 Å². The summed E-state index contributed by atoms with van der Waals surface area (Å²) in [6.07, 6.45) is -0.192. The molecule has 0 N–H and O–H groups in total. The minimum atomic E-state index is -3.58. The monoisotopic (exact) mass is 456 g/mol. The van der Waals surface area contributed by atoms with Gasteiger partial charge in [0, 0.05) is 23.0 Å². The van der Waals surface area contributed by atoms with Gasteiger partial charge in [0.2, 0.25) is 5.91 Å². The summed E-state index contributed by atoms with van der Waals surface area (Å²) in [5.74, 6) is -0.784. The molecule has 148 valence electrons. The molecule has 1 aromatic heterocycles. The predicted octanol–water partition coefficient (Wildman–Crippen LogP) is 4.63. The van der Waals surface area contributed by atoms with Crippen molar-refractivity contribution in [2.45, 2.75) is 31.7 Å². The number of aromatic nitrogens is 1. The SMILES string of the molecule is CCn1c(=NC(=O)CCS(=O)(=O)c2ccc(Cl)cc2)sc2ccc(Cl)c(C)c21. The van der Waals surface area contributed by atoms with Gasteiger partial charge >= 0.3 is 0 Å². The normalized spacial score (nSPS) is 12.6. The Balaban J connectivity index is 1.87. The summed E-state index contributed by atoms with van der Waals surface area (Å²) in [5, 5.41) is 1.11. The van der Waals surface area contributed by atoms with E-state index in [9.17, 15) is 13.2 Å². The van der Waals surface area contributed by atoms with Crippen molar-refractivity contribution in [3.8, 4) is 0 Å². The molecule has 0 atom stereocenters. The van der Waals surface area contributed by atoms with Gasteiger partial charge < -0.3 is 4.57 Å². The molecule has 0 bridgehead atoms. The number of hydrogen-bond acceptors (Lipinski definition) is 4. The second-order valence-corrected chi connectivity index (χ2v) is 10.1.